The molecule has 0 aliphatic carbocycles. The number of nitrogens with one attached hydrogen (secondary N) is 1. The molecule has 2 amide bonds. The maximum absolute atomic E-state index is 12.7. The van der Waals surface area contributed by atoms with Crippen LogP contribution in [0.1, 0.15) is 34.1 Å². The van der Waals surface area contributed by atoms with Crippen molar-refractivity contribution in [2.45, 2.75) is 32.9 Å². The molecule has 1 aromatic carbocycles. The summed E-state index contributed by atoms with van der Waals surface area (Å²) in [6, 6.07) is 11.2. The number of carbonyl (C=O) groups is 2. The molecule has 0 radical (unpaired) electrons. The van der Waals surface area contributed by atoms with E-state index in [4.69, 9.17) is 15.9 Å². The van der Waals surface area contributed by atoms with Gasteiger partial charge in [-0.1, -0.05) is 18.2 Å². The molecular formula is C28H27N3O4S. The maximum atomic E-state index is 12.7. The molecule has 1 aliphatic heterocycles. The van der Waals surface area contributed by atoms with Gasteiger partial charge in [0.1, 0.15) is 12.4 Å². The molecule has 7 nitrogen and oxygen atoms in total. The summed E-state index contributed by atoms with van der Waals surface area (Å²) in [6.07, 6.45) is 12.9. The molecule has 184 valence electrons. The van der Waals surface area contributed by atoms with E-state index in [0.717, 1.165) is 37.9 Å². The average molecular weight is 502 g/mol. The Bertz CT molecular complexity index is 1290. The summed E-state index contributed by atoms with van der Waals surface area (Å²) >= 11 is 1.46. The molecule has 0 saturated carbocycles. The fourth-order valence-electron chi connectivity index (χ4n) is 3.95. The molecule has 36 heavy (non-hydrogen) atoms. The number of nitrogens with zero attached hydrogens (tertiary/aromatic N) is 2. The van der Waals surface area contributed by atoms with Crippen molar-refractivity contribution in [2.75, 3.05) is 18.5 Å². The van der Waals surface area contributed by atoms with E-state index in [-0.39, 0.29) is 18.6 Å². The highest BCUT2D eigenvalue weighted by atomic mass is 32.1. The number of terminal acetylenes is 1. The Balaban J connectivity index is 1.44. The normalized spacial score (nSPS) is 12.6. The van der Waals surface area contributed by atoms with Crippen LogP contribution in [0.25, 0.3) is 6.08 Å². The molecule has 0 bridgehead atoms. The zero-order valence-electron chi connectivity index (χ0n) is 20.0. The van der Waals surface area contributed by atoms with E-state index in [2.05, 4.69) is 16.2 Å². The Morgan fingerprint density at radius 2 is 2.06 bits per heavy atom. The number of ether oxygens (including phenoxy) is 2. The lowest BCUT2D eigenvalue weighted by Crippen LogP contribution is -2.35. The highest BCUT2D eigenvalue weighted by Gasteiger charge is 2.27. The van der Waals surface area contributed by atoms with Crippen LogP contribution >= 0.6 is 11.3 Å². The van der Waals surface area contributed by atoms with Crippen LogP contribution in [0.15, 0.2) is 54.9 Å². The second kappa shape index (κ2) is 12.0. The van der Waals surface area contributed by atoms with Gasteiger partial charge >= 0.3 is 6.09 Å². The largest absolute Gasteiger partial charge is 0.493 e. The van der Waals surface area contributed by atoms with Crippen LogP contribution in [0.4, 0.5) is 9.80 Å². The molecule has 3 aromatic rings. The number of benzene rings is 1. The number of aromatic nitrogens is 1. The first-order chi connectivity index (χ1) is 17.6. The fraction of sp³-hybridized carbons (Fsp3) is 0.250. The zero-order valence-corrected chi connectivity index (χ0v) is 20.8. The number of fused-ring (bicyclic) bond motifs is 1. The fourth-order valence-corrected chi connectivity index (χ4v) is 5.24. The predicted octanol–water partition coefficient (Wildman–Crippen LogP) is 5.06. The van der Waals surface area contributed by atoms with Crippen molar-refractivity contribution in [3.8, 4) is 18.1 Å². The molecule has 2 aromatic heterocycles. The summed E-state index contributed by atoms with van der Waals surface area (Å²) in [4.78, 5) is 32.0. The van der Waals surface area contributed by atoms with Crippen molar-refractivity contribution in [1.82, 2.24) is 9.88 Å². The van der Waals surface area contributed by atoms with Crippen molar-refractivity contribution >= 4 is 34.4 Å². The van der Waals surface area contributed by atoms with Gasteiger partial charge < -0.3 is 19.7 Å². The highest BCUT2D eigenvalue weighted by molar-refractivity contribution is 7.16. The number of para-hydroxylation sites is 1. The molecule has 0 spiro atoms. The molecule has 1 aliphatic rings. The lowest BCUT2D eigenvalue weighted by Gasteiger charge is -2.26. The van der Waals surface area contributed by atoms with E-state index in [9.17, 15) is 9.59 Å². The van der Waals surface area contributed by atoms with Gasteiger partial charge in [0.15, 0.2) is 0 Å². The van der Waals surface area contributed by atoms with Gasteiger partial charge in [-0.25, -0.2) is 4.79 Å². The van der Waals surface area contributed by atoms with Crippen LogP contribution in [0, 0.1) is 12.3 Å². The molecule has 0 atom stereocenters. The molecular weight excluding hydrogens is 474 g/mol. The smallest absolute Gasteiger partial charge is 0.410 e. The van der Waals surface area contributed by atoms with Crippen molar-refractivity contribution in [3.63, 3.8) is 0 Å². The van der Waals surface area contributed by atoms with E-state index >= 15 is 0 Å². The van der Waals surface area contributed by atoms with Gasteiger partial charge in [0.2, 0.25) is 5.91 Å². The minimum atomic E-state index is -0.370. The average Bonchev–Trinajstić information content (AvgIpc) is 3.23. The van der Waals surface area contributed by atoms with Gasteiger partial charge in [-0.3, -0.25) is 9.78 Å². The van der Waals surface area contributed by atoms with Crippen molar-refractivity contribution in [3.05, 3.63) is 82.0 Å². The number of amides is 2. The molecule has 3 heterocycles. The number of rotatable bonds is 8. The van der Waals surface area contributed by atoms with Gasteiger partial charge in [0.05, 0.1) is 18.2 Å². The summed E-state index contributed by atoms with van der Waals surface area (Å²) in [5.74, 6) is 3.16. The van der Waals surface area contributed by atoms with Crippen molar-refractivity contribution in [1.29, 1.82) is 0 Å². The first-order valence-corrected chi connectivity index (χ1v) is 12.5. The van der Waals surface area contributed by atoms with Crippen LogP contribution in [-0.2, 0) is 35.5 Å². The summed E-state index contributed by atoms with van der Waals surface area (Å²) in [5.41, 5.74) is 3.76. The molecule has 0 fully saturated rings. The Labute approximate surface area is 214 Å². The lowest BCUT2D eigenvalue weighted by molar-refractivity contribution is -0.111. The number of anilines is 1. The molecule has 4 rings (SSSR count). The van der Waals surface area contributed by atoms with Gasteiger partial charge in [-0.05, 0) is 48.7 Å². The summed E-state index contributed by atoms with van der Waals surface area (Å²) in [5, 5.41) is 3.70. The number of pyridine rings is 1. The van der Waals surface area contributed by atoms with E-state index < -0.39 is 0 Å². The van der Waals surface area contributed by atoms with E-state index in [1.165, 1.54) is 17.4 Å². The quantitative estimate of drug-likeness (QED) is 0.345. The second-order valence-electron chi connectivity index (χ2n) is 8.07. The van der Waals surface area contributed by atoms with Gasteiger partial charge in [-0.15, -0.1) is 23.7 Å². The van der Waals surface area contributed by atoms with Crippen molar-refractivity contribution < 1.29 is 19.1 Å². The molecule has 8 heteroatoms. The third-order valence-electron chi connectivity index (χ3n) is 5.68. The highest BCUT2D eigenvalue weighted by Crippen LogP contribution is 2.37. The van der Waals surface area contributed by atoms with E-state index in [1.807, 2.05) is 43.3 Å². The van der Waals surface area contributed by atoms with Crippen LogP contribution in [0.2, 0.25) is 0 Å². The van der Waals surface area contributed by atoms with Gasteiger partial charge in [0, 0.05) is 47.4 Å². The number of hydrogen-bond donors (Lipinski definition) is 1. The predicted molar refractivity (Wildman–Crippen MR) is 141 cm³/mol. The van der Waals surface area contributed by atoms with Crippen LogP contribution in [0.3, 0.4) is 0 Å². The minimum absolute atomic E-state index is 0.192. The zero-order chi connectivity index (χ0) is 25.3. The maximum Gasteiger partial charge on any atom is 0.410 e. The molecule has 0 saturated heterocycles. The van der Waals surface area contributed by atoms with Gasteiger partial charge in [-0.2, -0.15) is 0 Å². The number of hydrogen-bond acceptors (Lipinski definition) is 6. The number of thiophene rings is 1. The molecule has 0 unspecified atom stereocenters. The first-order valence-electron chi connectivity index (χ1n) is 11.7. The Hall–Kier alpha value is -4.09. The summed E-state index contributed by atoms with van der Waals surface area (Å²) < 4.78 is 11.1. The minimum Gasteiger partial charge on any atom is -0.493 e. The first kappa shape index (κ1) is 25.0. The molecule has 1 N–H and O–H groups in total. The topological polar surface area (TPSA) is 80.8 Å². The van der Waals surface area contributed by atoms with Crippen molar-refractivity contribution in [2.24, 2.45) is 0 Å². The summed E-state index contributed by atoms with van der Waals surface area (Å²) in [6.45, 7) is 3.60. The van der Waals surface area contributed by atoms with Crippen LogP contribution in [0.5, 0.6) is 5.75 Å². The Kier molecular flexibility index (Phi) is 8.37. The lowest BCUT2D eigenvalue weighted by atomic mass is 10.0. The third-order valence-corrected chi connectivity index (χ3v) is 6.86. The Morgan fingerprint density at radius 1 is 1.25 bits per heavy atom. The SMILES string of the molecule is C#CCc1c(NC(=O)/C=C/c2ccccc2OCC)sc2c1CCN(C(=O)OCc1ccncc1)C2. The number of carbonyl (C=O) groups excluding carboxylic acids is 2. The Morgan fingerprint density at radius 3 is 2.83 bits per heavy atom. The second-order valence-corrected chi connectivity index (χ2v) is 9.17. The van der Waals surface area contributed by atoms with Gasteiger partial charge in [0.25, 0.3) is 0 Å². The monoisotopic (exact) mass is 501 g/mol. The summed E-state index contributed by atoms with van der Waals surface area (Å²) in [7, 11) is 0. The van der Waals surface area contributed by atoms with Crippen LogP contribution < -0.4 is 10.1 Å². The van der Waals surface area contributed by atoms with Crippen LogP contribution in [-0.4, -0.2) is 35.0 Å². The van der Waals surface area contributed by atoms with E-state index in [0.29, 0.717) is 32.5 Å². The third kappa shape index (κ3) is 6.12. The van der Waals surface area contributed by atoms with E-state index in [1.54, 1.807) is 23.4 Å². The standard InChI is InChI=1S/C28H27N3O4S/c1-3-7-23-22-14-17-31(28(33)35-19-20-12-15-29-16-13-20)18-25(22)36-27(23)30-26(32)11-10-21-8-5-6-9-24(21)34-4-2/h1,5-6,8-13,15-16H,4,7,14,17-19H2,2H3,(H,30,32)/b11-10+.